The first-order valence-corrected chi connectivity index (χ1v) is 17.0. The highest BCUT2D eigenvalue weighted by molar-refractivity contribution is 6.39. The molecule has 1 saturated heterocycles. The van der Waals surface area contributed by atoms with Crippen LogP contribution in [0.2, 0.25) is 0 Å². The summed E-state index contributed by atoms with van der Waals surface area (Å²) in [6.45, 7) is 5.25. The Labute approximate surface area is 292 Å². The number of fused-ring (bicyclic) bond motifs is 4. The number of nitrogens with zero attached hydrogens (tertiary/aromatic N) is 8. The Morgan fingerprint density at radius 1 is 1.04 bits per heavy atom. The lowest BCUT2D eigenvalue weighted by atomic mass is 9.57. The van der Waals surface area contributed by atoms with E-state index in [4.69, 9.17) is 20.8 Å². The molecule has 6 heterocycles. The van der Waals surface area contributed by atoms with Crippen LogP contribution < -0.4 is 20.9 Å². The summed E-state index contributed by atoms with van der Waals surface area (Å²) in [7, 11) is 17.0. The van der Waals surface area contributed by atoms with Gasteiger partial charge in [0.1, 0.15) is 17.3 Å². The average Bonchev–Trinajstić information content (AvgIpc) is 3.75. The number of aromatic nitrogens is 6. The van der Waals surface area contributed by atoms with Crippen LogP contribution in [0.4, 0.5) is 23.0 Å². The third kappa shape index (κ3) is 5.31. The molecule has 1 unspecified atom stereocenters. The zero-order valence-corrected chi connectivity index (χ0v) is 28.5. The van der Waals surface area contributed by atoms with Crippen LogP contribution in [0.1, 0.15) is 65.8 Å². The Bertz CT molecular complexity index is 2150. The molecule has 1 aliphatic carbocycles. The molecule has 3 aliphatic rings. The Balaban J connectivity index is 1.09. The molecule has 50 heavy (non-hydrogen) atoms. The second-order valence-electron chi connectivity index (χ2n) is 13.5. The first-order valence-electron chi connectivity index (χ1n) is 17.0. The molecule has 250 valence electrons. The highest BCUT2D eigenvalue weighted by atomic mass is 16.2. The quantitative estimate of drug-likeness (QED) is 0.202. The summed E-state index contributed by atoms with van der Waals surface area (Å²) in [5.41, 5.74) is 7.39. The Kier molecular flexibility index (Phi) is 7.70. The number of hydrogen-bond acceptors (Lipinski definition) is 9. The summed E-state index contributed by atoms with van der Waals surface area (Å²) in [4.78, 5) is 38.2. The van der Waals surface area contributed by atoms with Gasteiger partial charge in [-0.3, -0.25) is 14.3 Å². The maximum atomic E-state index is 12.6. The summed E-state index contributed by atoms with van der Waals surface area (Å²) in [5.74, 6) is 0.956. The second-order valence-corrected chi connectivity index (χ2v) is 13.5. The number of para-hydroxylation sites is 1. The molecule has 0 spiro atoms. The number of pyridine rings is 1. The number of rotatable bonds is 9. The highest BCUT2D eigenvalue weighted by Gasteiger charge is 2.43. The van der Waals surface area contributed by atoms with Crippen molar-refractivity contribution >= 4 is 56.2 Å². The van der Waals surface area contributed by atoms with E-state index in [2.05, 4.69) is 66.7 Å². The maximum Gasteiger partial charge on any atom is 0.269 e. The summed E-state index contributed by atoms with van der Waals surface area (Å²) in [6.07, 6.45) is 4.63. The van der Waals surface area contributed by atoms with Crippen LogP contribution in [0.15, 0.2) is 54.7 Å². The van der Waals surface area contributed by atoms with Crippen LogP contribution in [0, 0.1) is 12.8 Å². The van der Waals surface area contributed by atoms with E-state index in [0.29, 0.717) is 36.1 Å². The van der Waals surface area contributed by atoms with Crippen molar-refractivity contribution in [2.45, 2.75) is 50.5 Å². The van der Waals surface area contributed by atoms with Crippen molar-refractivity contribution in [2.75, 3.05) is 42.7 Å². The van der Waals surface area contributed by atoms with Crippen molar-refractivity contribution in [3.63, 3.8) is 0 Å². The van der Waals surface area contributed by atoms with Crippen LogP contribution >= 0.6 is 0 Å². The fourth-order valence-electron chi connectivity index (χ4n) is 7.19. The third-order valence-electron chi connectivity index (χ3n) is 10.0. The van der Waals surface area contributed by atoms with E-state index >= 15 is 0 Å². The number of amides is 2. The SMILES string of the molecule is [B]C([B])(c1cccc(C(=O)NC)n1)N1CC(n2ncc3c2C(CC)N(C)c2c(Nc4cc(NC(=O)C5CC5)nc5cc(C)nn45)cccc2-3)C1. The van der Waals surface area contributed by atoms with Gasteiger partial charge in [-0.2, -0.15) is 14.7 Å². The second kappa shape index (κ2) is 12.0. The molecule has 2 amide bonds. The summed E-state index contributed by atoms with van der Waals surface area (Å²) < 4.78 is 3.89. The molecule has 1 saturated carbocycles. The van der Waals surface area contributed by atoms with E-state index in [9.17, 15) is 9.59 Å². The summed E-state index contributed by atoms with van der Waals surface area (Å²) >= 11 is 0. The van der Waals surface area contributed by atoms with Gasteiger partial charge in [-0.15, -0.1) is 0 Å². The van der Waals surface area contributed by atoms with Crippen LogP contribution in [0.5, 0.6) is 0 Å². The van der Waals surface area contributed by atoms with Crippen molar-refractivity contribution in [1.29, 1.82) is 0 Å². The molecular weight excluding hydrogens is 628 g/mol. The predicted octanol–water partition coefficient (Wildman–Crippen LogP) is 3.65. The molecule has 3 N–H and O–H groups in total. The standard InChI is InChI=1S/C35H37B2N11O2/c1-5-26-32-23(16-39-47(32)21-17-46(18-21)35(36,37)27-11-7-10-25(40-27)34(50)38-3)22-8-6-9-24(31(22)45(26)4)41-30-15-28(43-33(49)20-12-13-20)42-29-14-19(2)44-48(29)30/h6-11,14-16,20-21,26,41H,5,12-13,17-18H2,1-4H3,(H,38,50)(H,42,43,49). The first-order chi connectivity index (χ1) is 24.1. The van der Waals surface area contributed by atoms with Crippen LogP contribution in [-0.2, 0) is 10.1 Å². The minimum atomic E-state index is -1.35. The molecule has 1 atom stereocenters. The van der Waals surface area contributed by atoms with E-state index in [1.54, 1.807) is 29.8 Å². The van der Waals surface area contributed by atoms with Crippen molar-refractivity contribution in [3.05, 3.63) is 77.5 Å². The van der Waals surface area contributed by atoms with Gasteiger partial charge >= 0.3 is 0 Å². The molecule has 0 bridgehead atoms. The van der Waals surface area contributed by atoms with Crippen molar-refractivity contribution in [2.24, 2.45) is 5.92 Å². The monoisotopic (exact) mass is 665 g/mol. The average molecular weight is 665 g/mol. The van der Waals surface area contributed by atoms with Crippen LogP contribution in [0.25, 0.3) is 16.8 Å². The molecule has 4 radical (unpaired) electrons. The van der Waals surface area contributed by atoms with Crippen molar-refractivity contribution < 1.29 is 9.59 Å². The van der Waals surface area contributed by atoms with E-state index in [1.165, 1.54) is 0 Å². The van der Waals surface area contributed by atoms with Gasteiger partial charge in [0, 0.05) is 62.1 Å². The number of benzene rings is 1. The third-order valence-corrected chi connectivity index (χ3v) is 10.0. The lowest BCUT2D eigenvalue weighted by Crippen LogP contribution is -2.60. The number of nitrogens with one attached hydrogen (secondary N) is 3. The molecule has 4 aromatic heterocycles. The molecule has 13 nitrogen and oxygen atoms in total. The lowest BCUT2D eigenvalue weighted by molar-refractivity contribution is -0.117. The molecule has 8 rings (SSSR count). The molecular formula is C35H37B2N11O2. The summed E-state index contributed by atoms with van der Waals surface area (Å²) in [6, 6.07) is 15.2. The molecule has 2 fully saturated rings. The topological polar surface area (TPSA) is 138 Å². The van der Waals surface area contributed by atoms with Crippen molar-refractivity contribution in [1.82, 2.24) is 39.6 Å². The van der Waals surface area contributed by atoms with Gasteiger partial charge in [0.25, 0.3) is 5.91 Å². The van der Waals surface area contributed by atoms with Gasteiger partial charge < -0.3 is 25.8 Å². The number of anilines is 4. The number of carbonyl (C=O) groups is 2. The fourth-order valence-corrected chi connectivity index (χ4v) is 7.19. The Morgan fingerprint density at radius 3 is 2.56 bits per heavy atom. The number of aryl methyl sites for hydroxylation is 1. The zero-order valence-electron chi connectivity index (χ0n) is 28.5. The van der Waals surface area contributed by atoms with Gasteiger partial charge in [-0.25, -0.2) is 9.97 Å². The maximum absolute atomic E-state index is 12.6. The zero-order chi connectivity index (χ0) is 34.9. The lowest BCUT2D eigenvalue weighted by Gasteiger charge is -2.50. The van der Waals surface area contributed by atoms with Gasteiger partial charge in [-0.05, 0) is 49.7 Å². The normalized spacial score (nSPS) is 17.6. The van der Waals surface area contributed by atoms with Gasteiger partial charge in [0.15, 0.2) is 5.65 Å². The van der Waals surface area contributed by atoms with Crippen molar-refractivity contribution in [3.8, 4) is 11.1 Å². The highest BCUT2D eigenvalue weighted by Crippen LogP contribution is 2.50. The number of hydrogen-bond donors (Lipinski definition) is 3. The van der Waals surface area contributed by atoms with Gasteiger partial charge in [0.2, 0.25) is 5.91 Å². The molecule has 5 aromatic rings. The van der Waals surface area contributed by atoms with E-state index in [0.717, 1.165) is 53.2 Å². The molecule has 2 aliphatic heterocycles. The molecule has 1 aromatic carbocycles. The molecule has 15 heteroatoms. The summed E-state index contributed by atoms with van der Waals surface area (Å²) in [5, 5.41) is 17.5. The Morgan fingerprint density at radius 2 is 1.82 bits per heavy atom. The Hall–Kier alpha value is -5.17. The fraction of sp³-hybridized carbons (Fsp3) is 0.371. The predicted molar refractivity (Wildman–Crippen MR) is 193 cm³/mol. The largest absolute Gasteiger partial charge is 0.364 e. The minimum absolute atomic E-state index is 0.00118. The minimum Gasteiger partial charge on any atom is -0.364 e. The van der Waals surface area contributed by atoms with Gasteiger partial charge in [-0.1, -0.05) is 25.1 Å². The van der Waals surface area contributed by atoms with E-state index < -0.39 is 5.34 Å². The van der Waals surface area contributed by atoms with Crippen LogP contribution in [-0.4, -0.2) is 89.0 Å². The van der Waals surface area contributed by atoms with E-state index in [-0.39, 0.29) is 35.5 Å². The van der Waals surface area contributed by atoms with Gasteiger partial charge in [0.05, 0.1) is 56.7 Å². The smallest absolute Gasteiger partial charge is 0.269 e. The number of carbonyl (C=O) groups excluding carboxylic acids is 2. The van der Waals surface area contributed by atoms with E-state index in [1.807, 2.05) is 36.2 Å². The first kappa shape index (κ1) is 32.1. The number of likely N-dealkylation sites (tertiary alicyclic amines) is 1. The van der Waals surface area contributed by atoms with Crippen LogP contribution in [0.3, 0.4) is 0 Å².